The van der Waals surface area contributed by atoms with E-state index in [1.165, 1.54) is 4.90 Å². The van der Waals surface area contributed by atoms with Crippen molar-refractivity contribution in [1.29, 1.82) is 0 Å². The van der Waals surface area contributed by atoms with Crippen LogP contribution in [0, 0.1) is 0 Å². The largest absolute Gasteiger partial charge is 0.447 e. The molecule has 1 aliphatic rings. The monoisotopic (exact) mass is 345 g/mol. The Morgan fingerprint density at radius 1 is 1.08 bits per heavy atom. The molecule has 0 spiro atoms. The molecule has 1 amide bonds. The molecule has 24 heavy (non-hydrogen) atoms. The fraction of sp³-hybridized carbons (Fsp3) is 0.278. The summed E-state index contributed by atoms with van der Waals surface area (Å²) in [6, 6.07) is 17.2. The molecule has 2 atom stereocenters. The molecule has 0 unspecified atom stereocenters. The van der Waals surface area contributed by atoms with E-state index < -0.39 is 27.3 Å². The maximum atomic E-state index is 13.0. The third-order valence-electron chi connectivity index (χ3n) is 4.19. The van der Waals surface area contributed by atoms with E-state index in [2.05, 4.69) is 0 Å². The summed E-state index contributed by atoms with van der Waals surface area (Å²) in [7, 11) is -3.68. The lowest BCUT2D eigenvalue weighted by Gasteiger charge is -2.29. The van der Waals surface area contributed by atoms with Crippen molar-refractivity contribution < 1.29 is 17.9 Å². The Kier molecular flexibility index (Phi) is 4.57. The lowest BCUT2D eigenvalue weighted by Crippen LogP contribution is -2.42. The highest BCUT2D eigenvalue weighted by Crippen LogP contribution is 2.34. The van der Waals surface area contributed by atoms with Gasteiger partial charge in [0.1, 0.15) is 12.0 Å². The zero-order valence-electron chi connectivity index (χ0n) is 13.3. The fourth-order valence-electron chi connectivity index (χ4n) is 3.02. The Hall–Kier alpha value is -2.34. The van der Waals surface area contributed by atoms with Crippen LogP contribution in [0.1, 0.15) is 24.9 Å². The molecule has 0 aliphatic carbocycles. The van der Waals surface area contributed by atoms with Crippen LogP contribution in [0.15, 0.2) is 65.6 Å². The summed E-state index contributed by atoms with van der Waals surface area (Å²) in [6.07, 6.45) is -0.300. The maximum absolute atomic E-state index is 13.0. The Morgan fingerprint density at radius 2 is 1.67 bits per heavy atom. The Bertz CT molecular complexity index is 805. The molecule has 1 saturated heterocycles. The van der Waals surface area contributed by atoms with Gasteiger partial charge in [-0.25, -0.2) is 13.2 Å². The van der Waals surface area contributed by atoms with Gasteiger partial charge in [-0.3, -0.25) is 4.90 Å². The van der Waals surface area contributed by atoms with Gasteiger partial charge in [-0.15, -0.1) is 0 Å². The number of hydrogen-bond donors (Lipinski definition) is 0. The normalized spacial score (nSPS) is 19.1. The van der Waals surface area contributed by atoms with Crippen molar-refractivity contribution in [3.05, 3.63) is 66.2 Å². The third kappa shape index (κ3) is 2.89. The van der Waals surface area contributed by atoms with Crippen LogP contribution >= 0.6 is 0 Å². The van der Waals surface area contributed by atoms with E-state index >= 15 is 0 Å². The van der Waals surface area contributed by atoms with Crippen molar-refractivity contribution >= 4 is 15.9 Å². The number of carbonyl (C=O) groups is 1. The SMILES string of the molecule is CC[C@@H](N1C(=O)OC[C@H]1c1ccccc1)S(=O)(=O)c1ccccc1. The second-order valence-corrected chi connectivity index (χ2v) is 7.74. The highest BCUT2D eigenvalue weighted by atomic mass is 32.2. The zero-order valence-corrected chi connectivity index (χ0v) is 14.1. The molecule has 2 aromatic rings. The van der Waals surface area contributed by atoms with Crippen LogP contribution in [0.5, 0.6) is 0 Å². The summed E-state index contributed by atoms with van der Waals surface area (Å²) in [5, 5.41) is -0.958. The minimum Gasteiger partial charge on any atom is -0.447 e. The van der Waals surface area contributed by atoms with Gasteiger partial charge in [0.05, 0.1) is 10.9 Å². The van der Waals surface area contributed by atoms with Crippen LogP contribution in [-0.4, -0.2) is 31.4 Å². The number of sulfone groups is 1. The van der Waals surface area contributed by atoms with Gasteiger partial charge in [-0.05, 0) is 24.1 Å². The van der Waals surface area contributed by atoms with Crippen molar-refractivity contribution in [1.82, 2.24) is 4.90 Å². The quantitative estimate of drug-likeness (QED) is 0.833. The molecule has 0 N–H and O–H groups in total. The lowest BCUT2D eigenvalue weighted by atomic mass is 10.1. The van der Waals surface area contributed by atoms with Gasteiger partial charge >= 0.3 is 6.09 Å². The Morgan fingerprint density at radius 3 is 2.25 bits per heavy atom. The summed E-state index contributed by atoms with van der Waals surface area (Å²) in [5.74, 6) is 0. The van der Waals surface area contributed by atoms with Crippen LogP contribution in [0.3, 0.4) is 0 Å². The van der Waals surface area contributed by atoms with E-state index in [0.29, 0.717) is 0 Å². The van der Waals surface area contributed by atoms with Gasteiger partial charge < -0.3 is 4.74 Å². The average Bonchev–Trinajstić information content (AvgIpc) is 2.98. The molecule has 2 aromatic carbocycles. The zero-order chi connectivity index (χ0) is 17.2. The molecular formula is C18H19NO4S. The molecule has 0 bridgehead atoms. The molecular weight excluding hydrogens is 326 g/mol. The number of carbonyl (C=O) groups excluding carboxylic acids is 1. The standard InChI is InChI=1S/C18H19NO4S/c1-2-17(24(21,22)15-11-7-4-8-12-15)19-16(13-23-18(19)20)14-9-5-3-6-10-14/h3-12,16-17H,2,13H2,1H3/t16-,17-/m0/s1. The number of ether oxygens (including phenoxy) is 1. The first-order valence-electron chi connectivity index (χ1n) is 7.84. The molecule has 6 heteroatoms. The number of amides is 1. The summed E-state index contributed by atoms with van der Waals surface area (Å²) in [4.78, 5) is 13.8. The van der Waals surface area contributed by atoms with Crippen molar-refractivity contribution in [2.24, 2.45) is 0 Å². The lowest BCUT2D eigenvalue weighted by molar-refractivity contribution is 0.153. The van der Waals surface area contributed by atoms with Gasteiger partial charge in [0.2, 0.25) is 0 Å². The Balaban J connectivity index is 2.01. The smallest absolute Gasteiger partial charge is 0.411 e. The van der Waals surface area contributed by atoms with E-state index in [0.717, 1.165) is 5.56 Å². The highest BCUT2D eigenvalue weighted by Gasteiger charge is 2.44. The molecule has 5 nitrogen and oxygen atoms in total. The number of nitrogens with zero attached hydrogens (tertiary/aromatic N) is 1. The third-order valence-corrected chi connectivity index (χ3v) is 6.39. The summed E-state index contributed by atoms with van der Waals surface area (Å²) < 4.78 is 31.2. The van der Waals surface area contributed by atoms with Crippen LogP contribution in [-0.2, 0) is 14.6 Å². The van der Waals surface area contributed by atoms with E-state index in [1.54, 1.807) is 37.3 Å². The van der Waals surface area contributed by atoms with Crippen LogP contribution in [0.2, 0.25) is 0 Å². The Labute approximate surface area is 141 Å². The van der Waals surface area contributed by atoms with E-state index in [4.69, 9.17) is 4.74 Å². The van der Waals surface area contributed by atoms with Gasteiger partial charge in [0.25, 0.3) is 0 Å². The number of benzene rings is 2. The van der Waals surface area contributed by atoms with Gasteiger partial charge in [0, 0.05) is 0 Å². The summed E-state index contributed by atoms with van der Waals surface area (Å²) in [6.45, 7) is 1.92. The average molecular weight is 345 g/mol. The van der Waals surface area contributed by atoms with Crippen LogP contribution < -0.4 is 0 Å². The van der Waals surface area contributed by atoms with Gasteiger partial charge in [-0.2, -0.15) is 0 Å². The topological polar surface area (TPSA) is 63.7 Å². The van der Waals surface area contributed by atoms with Gasteiger partial charge in [-0.1, -0.05) is 55.5 Å². The summed E-state index contributed by atoms with van der Waals surface area (Å²) >= 11 is 0. The molecule has 0 saturated carbocycles. The predicted octanol–water partition coefficient (Wildman–Crippen LogP) is 3.39. The number of rotatable bonds is 5. The molecule has 1 aliphatic heterocycles. The fourth-order valence-corrected chi connectivity index (χ4v) is 4.84. The second kappa shape index (κ2) is 6.65. The molecule has 126 valence electrons. The minimum atomic E-state index is -3.68. The second-order valence-electron chi connectivity index (χ2n) is 5.63. The van der Waals surface area contributed by atoms with Crippen molar-refractivity contribution in [2.45, 2.75) is 29.7 Å². The molecule has 3 rings (SSSR count). The van der Waals surface area contributed by atoms with Crippen molar-refractivity contribution in [3.63, 3.8) is 0 Å². The van der Waals surface area contributed by atoms with Crippen molar-refractivity contribution in [2.75, 3.05) is 6.61 Å². The first-order valence-corrected chi connectivity index (χ1v) is 9.39. The molecule has 1 heterocycles. The van der Waals surface area contributed by atoms with E-state index in [1.807, 2.05) is 30.3 Å². The van der Waals surface area contributed by atoms with Crippen molar-refractivity contribution in [3.8, 4) is 0 Å². The first kappa shape index (κ1) is 16.5. The van der Waals surface area contributed by atoms with E-state index in [9.17, 15) is 13.2 Å². The maximum Gasteiger partial charge on any atom is 0.411 e. The van der Waals surface area contributed by atoms with Crippen LogP contribution in [0.4, 0.5) is 4.79 Å². The minimum absolute atomic E-state index is 0.156. The van der Waals surface area contributed by atoms with Crippen LogP contribution in [0.25, 0.3) is 0 Å². The first-order chi connectivity index (χ1) is 11.6. The molecule has 0 radical (unpaired) electrons. The number of hydrogen-bond acceptors (Lipinski definition) is 4. The molecule has 1 fully saturated rings. The van der Waals surface area contributed by atoms with E-state index in [-0.39, 0.29) is 17.9 Å². The summed E-state index contributed by atoms with van der Waals surface area (Å²) in [5.41, 5.74) is 0.866. The highest BCUT2D eigenvalue weighted by molar-refractivity contribution is 7.92. The predicted molar refractivity (Wildman–Crippen MR) is 90.1 cm³/mol. The number of cyclic esters (lactones) is 1. The van der Waals surface area contributed by atoms with Gasteiger partial charge in [0.15, 0.2) is 9.84 Å². The molecule has 0 aromatic heterocycles.